The zero-order chi connectivity index (χ0) is 18.2. The van der Waals surface area contributed by atoms with E-state index in [1.54, 1.807) is 55.5 Å². The number of hydrogen-bond donors (Lipinski definition) is 1. The molecular weight excluding hydrogens is 320 g/mol. The van der Waals surface area contributed by atoms with Crippen molar-refractivity contribution < 1.29 is 24.2 Å². The SMILES string of the molecule is C=C(C)C(=O)OCc1ccc(C(=O)Oc2ccc(CCO)cc2)cc1. The first-order valence-electron chi connectivity index (χ1n) is 7.83. The second-order valence-electron chi connectivity index (χ2n) is 5.56. The molecule has 2 aromatic carbocycles. The summed E-state index contributed by atoms with van der Waals surface area (Å²) in [6.45, 7) is 5.29. The molecule has 0 unspecified atom stereocenters. The van der Waals surface area contributed by atoms with E-state index < -0.39 is 11.9 Å². The maximum Gasteiger partial charge on any atom is 0.343 e. The van der Waals surface area contributed by atoms with Crippen LogP contribution in [0.15, 0.2) is 60.7 Å². The summed E-state index contributed by atoms with van der Waals surface area (Å²) in [6, 6.07) is 13.6. The number of esters is 2. The molecule has 0 amide bonds. The van der Waals surface area contributed by atoms with Crippen LogP contribution in [0.2, 0.25) is 0 Å². The molecule has 25 heavy (non-hydrogen) atoms. The van der Waals surface area contributed by atoms with Gasteiger partial charge >= 0.3 is 11.9 Å². The van der Waals surface area contributed by atoms with Crippen molar-refractivity contribution in [2.75, 3.05) is 6.61 Å². The van der Waals surface area contributed by atoms with E-state index in [1.165, 1.54) is 0 Å². The minimum Gasteiger partial charge on any atom is -0.457 e. The Balaban J connectivity index is 1.93. The summed E-state index contributed by atoms with van der Waals surface area (Å²) in [4.78, 5) is 23.5. The molecule has 0 spiro atoms. The Morgan fingerprint density at radius 3 is 2.16 bits per heavy atom. The molecule has 0 fully saturated rings. The molecule has 0 saturated carbocycles. The number of carbonyl (C=O) groups excluding carboxylic acids is 2. The van der Waals surface area contributed by atoms with Gasteiger partial charge in [0.05, 0.1) is 5.56 Å². The molecule has 130 valence electrons. The first-order valence-corrected chi connectivity index (χ1v) is 7.83. The van der Waals surface area contributed by atoms with Gasteiger partial charge in [-0.2, -0.15) is 0 Å². The molecule has 0 saturated heterocycles. The van der Waals surface area contributed by atoms with Crippen molar-refractivity contribution in [2.24, 2.45) is 0 Å². The third-order valence-corrected chi connectivity index (χ3v) is 3.44. The highest BCUT2D eigenvalue weighted by Gasteiger charge is 2.09. The van der Waals surface area contributed by atoms with Crippen LogP contribution in [-0.2, 0) is 22.6 Å². The Hall–Kier alpha value is -2.92. The Bertz CT molecular complexity index is 745. The summed E-state index contributed by atoms with van der Waals surface area (Å²) in [7, 11) is 0. The maximum atomic E-state index is 12.1. The normalized spacial score (nSPS) is 10.2. The summed E-state index contributed by atoms with van der Waals surface area (Å²) in [5.41, 5.74) is 2.47. The summed E-state index contributed by atoms with van der Waals surface area (Å²) in [6.07, 6.45) is 0.561. The minimum absolute atomic E-state index is 0.0765. The van der Waals surface area contributed by atoms with Crippen LogP contribution in [-0.4, -0.2) is 23.7 Å². The molecule has 0 aliphatic heterocycles. The van der Waals surface area contributed by atoms with E-state index in [0.29, 0.717) is 23.3 Å². The van der Waals surface area contributed by atoms with Crippen molar-refractivity contribution in [2.45, 2.75) is 20.0 Å². The van der Waals surface area contributed by atoms with Gasteiger partial charge in [0.2, 0.25) is 0 Å². The van der Waals surface area contributed by atoms with Crippen molar-refractivity contribution in [1.29, 1.82) is 0 Å². The molecular formula is C20H20O5. The fraction of sp³-hybridized carbons (Fsp3) is 0.200. The highest BCUT2D eigenvalue weighted by molar-refractivity contribution is 5.91. The lowest BCUT2D eigenvalue weighted by molar-refractivity contribution is -0.140. The Labute approximate surface area is 146 Å². The lowest BCUT2D eigenvalue weighted by Gasteiger charge is -2.07. The van der Waals surface area contributed by atoms with E-state index in [9.17, 15) is 9.59 Å². The van der Waals surface area contributed by atoms with Gasteiger partial charge in [-0.05, 0) is 48.7 Å². The minimum atomic E-state index is -0.472. The monoisotopic (exact) mass is 340 g/mol. The predicted molar refractivity (Wildman–Crippen MR) is 93.2 cm³/mol. The van der Waals surface area contributed by atoms with Gasteiger partial charge in [-0.15, -0.1) is 0 Å². The van der Waals surface area contributed by atoms with Crippen LogP contribution in [0.5, 0.6) is 5.75 Å². The molecule has 0 aromatic heterocycles. The zero-order valence-electron chi connectivity index (χ0n) is 14.0. The molecule has 0 atom stereocenters. The average molecular weight is 340 g/mol. The third-order valence-electron chi connectivity index (χ3n) is 3.44. The first kappa shape index (κ1) is 18.4. The van der Waals surface area contributed by atoms with E-state index in [4.69, 9.17) is 14.6 Å². The molecule has 5 heteroatoms. The van der Waals surface area contributed by atoms with Gasteiger partial charge in [0, 0.05) is 12.2 Å². The molecule has 0 aliphatic carbocycles. The number of rotatable bonds is 7. The first-order chi connectivity index (χ1) is 12.0. The smallest absolute Gasteiger partial charge is 0.343 e. The lowest BCUT2D eigenvalue weighted by atomic mass is 10.1. The van der Waals surface area contributed by atoms with Gasteiger partial charge in [-0.3, -0.25) is 0 Å². The standard InChI is InChI=1S/C20H20O5/c1-14(2)19(22)24-13-16-3-7-17(8-4-16)20(23)25-18-9-5-15(6-10-18)11-12-21/h3-10,21H,1,11-13H2,2H3. The number of carbonyl (C=O) groups is 2. The largest absolute Gasteiger partial charge is 0.457 e. The van der Waals surface area contributed by atoms with Crippen LogP contribution in [0.1, 0.15) is 28.4 Å². The Morgan fingerprint density at radius 1 is 1.00 bits per heavy atom. The van der Waals surface area contributed by atoms with Gasteiger partial charge in [0.1, 0.15) is 12.4 Å². The van der Waals surface area contributed by atoms with E-state index in [1.807, 2.05) is 0 Å². The molecule has 2 aromatic rings. The van der Waals surface area contributed by atoms with Crippen molar-refractivity contribution >= 4 is 11.9 Å². The molecule has 1 N–H and O–H groups in total. The van der Waals surface area contributed by atoms with E-state index in [-0.39, 0.29) is 13.2 Å². The van der Waals surface area contributed by atoms with Crippen LogP contribution in [0.25, 0.3) is 0 Å². The Kier molecular flexibility index (Phi) is 6.48. The molecule has 0 radical (unpaired) electrons. The van der Waals surface area contributed by atoms with Crippen molar-refractivity contribution in [1.82, 2.24) is 0 Å². The van der Waals surface area contributed by atoms with E-state index >= 15 is 0 Å². The Morgan fingerprint density at radius 2 is 1.60 bits per heavy atom. The summed E-state index contributed by atoms with van der Waals surface area (Å²) in [5, 5.41) is 8.88. The lowest BCUT2D eigenvalue weighted by Crippen LogP contribution is -2.09. The highest BCUT2D eigenvalue weighted by atomic mass is 16.5. The van der Waals surface area contributed by atoms with Crippen LogP contribution in [0, 0.1) is 0 Å². The van der Waals surface area contributed by atoms with Gasteiger partial charge in [-0.1, -0.05) is 30.8 Å². The average Bonchev–Trinajstić information content (AvgIpc) is 2.61. The molecule has 5 nitrogen and oxygen atoms in total. The molecule has 0 bridgehead atoms. The molecule has 0 heterocycles. The highest BCUT2D eigenvalue weighted by Crippen LogP contribution is 2.15. The quantitative estimate of drug-likeness (QED) is 0.476. The number of benzene rings is 2. The molecule has 2 rings (SSSR count). The topological polar surface area (TPSA) is 72.8 Å². The third kappa shape index (κ3) is 5.58. The van der Waals surface area contributed by atoms with Crippen LogP contribution >= 0.6 is 0 Å². The zero-order valence-corrected chi connectivity index (χ0v) is 14.0. The van der Waals surface area contributed by atoms with Gasteiger partial charge < -0.3 is 14.6 Å². The maximum absolute atomic E-state index is 12.1. The van der Waals surface area contributed by atoms with Gasteiger partial charge in [0.15, 0.2) is 0 Å². The second kappa shape index (κ2) is 8.80. The predicted octanol–water partition coefficient (Wildman–Crippen LogP) is 3.06. The van der Waals surface area contributed by atoms with Crippen molar-refractivity contribution in [3.05, 3.63) is 77.4 Å². The number of ether oxygens (including phenoxy) is 2. The van der Waals surface area contributed by atoms with Crippen LogP contribution in [0.3, 0.4) is 0 Å². The second-order valence-corrected chi connectivity index (χ2v) is 5.56. The molecule has 0 aliphatic rings. The summed E-state index contributed by atoms with van der Waals surface area (Å²) < 4.78 is 10.3. The fourth-order valence-corrected chi connectivity index (χ4v) is 2.03. The van der Waals surface area contributed by atoms with Crippen molar-refractivity contribution in [3.63, 3.8) is 0 Å². The van der Waals surface area contributed by atoms with Crippen LogP contribution < -0.4 is 4.74 Å². The summed E-state index contributed by atoms with van der Waals surface area (Å²) in [5.74, 6) is -0.486. The fourth-order valence-electron chi connectivity index (χ4n) is 2.03. The summed E-state index contributed by atoms with van der Waals surface area (Å²) >= 11 is 0. The van der Waals surface area contributed by atoms with Crippen LogP contribution in [0.4, 0.5) is 0 Å². The van der Waals surface area contributed by atoms with E-state index in [0.717, 1.165) is 11.1 Å². The number of hydrogen-bond acceptors (Lipinski definition) is 5. The number of aliphatic hydroxyl groups is 1. The van der Waals surface area contributed by atoms with Gasteiger partial charge in [-0.25, -0.2) is 9.59 Å². The number of aliphatic hydroxyl groups excluding tert-OH is 1. The van der Waals surface area contributed by atoms with E-state index in [2.05, 4.69) is 6.58 Å². The van der Waals surface area contributed by atoms with Gasteiger partial charge in [0.25, 0.3) is 0 Å². The van der Waals surface area contributed by atoms with Crippen molar-refractivity contribution in [3.8, 4) is 5.75 Å².